The van der Waals surface area contributed by atoms with Crippen molar-refractivity contribution in [2.45, 2.75) is 25.7 Å². The Morgan fingerprint density at radius 3 is 2.16 bits per heavy atom. The molecule has 0 bridgehead atoms. The van der Waals surface area contributed by atoms with E-state index in [0.29, 0.717) is 17.1 Å². The number of nitrogens with zero attached hydrogens (tertiary/aromatic N) is 2. The zero-order valence-corrected chi connectivity index (χ0v) is 15.0. The molecule has 1 aliphatic carbocycles. The van der Waals surface area contributed by atoms with Crippen LogP contribution in [0.4, 0.5) is 5.95 Å². The predicted molar refractivity (Wildman–Crippen MR) is 94.2 cm³/mol. The fourth-order valence-corrected chi connectivity index (χ4v) is 3.59. The van der Waals surface area contributed by atoms with E-state index in [9.17, 15) is 13.0 Å². The number of aromatic nitrogens is 2. The second kappa shape index (κ2) is 7.04. The second-order valence-corrected chi connectivity index (χ2v) is 7.02. The summed E-state index contributed by atoms with van der Waals surface area (Å²) >= 11 is 0. The lowest BCUT2D eigenvalue weighted by atomic mass is 10.1. The van der Waals surface area contributed by atoms with E-state index < -0.39 is 10.1 Å². The quantitative estimate of drug-likeness (QED) is 0.382. The summed E-state index contributed by atoms with van der Waals surface area (Å²) in [7, 11) is -4.33. The van der Waals surface area contributed by atoms with E-state index in [-0.39, 0.29) is 4.90 Å². The van der Waals surface area contributed by atoms with Gasteiger partial charge in [0.05, 0.1) is 4.90 Å². The van der Waals surface area contributed by atoms with E-state index in [0.717, 1.165) is 17.0 Å². The Labute approximate surface area is 147 Å². The number of benzene rings is 1. The molecule has 132 valence electrons. The molecular formula is C17H20N4O3S. The minimum Gasteiger partial charge on any atom is -0.744 e. The van der Waals surface area contributed by atoms with E-state index in [2.05, 4.69) is 4.98 Å². The normalized spacial score (nSPS) is 11.0. The van der Waals surface area contributed by atoms with Crippen LogP contribution in [0, 0.1) is 20.8 Å². The smallest absolute Gasteiger partial charge is 0.412 e. The van der Waals surface area contributed by atoms with Crippen molar-refractivity contribution in [2.75, 3.05) is 11.6 Å². The van der Waals surface area contributed by atoms with Crippen molar-refractivity contribution in [3.63, 3.8) is 0 Å². The highest BCUT2D eigenvalue weighted by Gasteiger charge is 2.18. The summed E-state index contributed by atoms with van der Waals surface area (Å²) in [5.41, 5.74) is 9.16. The van der Waals surface area contributed by atoms with Crippen LogP contribution in [0.1, 0.15) is 16.7 Å². The first-order chi connectivity index (χ1) is 11.6. The summed E-state index contributed by atoms with van der Waals surface area (Å²) in [4.78, 5) is 3.98. The Bertz CT molecular complexity index is 964. The molecule has 1 heterocycles. The molecule has 0 atom stereocenters. The van der Waals surface area contributed by atoms with Gasteiger partial charge in [0.15, 0.2) is 11.4 Å². The molecule has 1 aromatic carbocycles. The Morgan fingerprint density at radius 2 is 1.60 bits per heavy atom. The molecule has 0 unspecified atom stereocenters. The van der Waals surface area contributed by atoms with Crippen molar-refractivity contribution in [2.24, 2.45) is 0 Å². The molecule has 8 heteroatoms. The van der Waals surface area contributed by atoms with Crippen molar-refractivity contribution in [3.8, 4) is 11.4 Å². The Balaban J connectivity index is 0.000000181. The fraction of sp³-hybridized carbons (Fsp3) is 0.176. The largest absolute Gasteiger partial charge is 0.744 e. The molecule has 0 fully saturated rings. The van der Waals surface area contributed by atoms with Crippen LogP contribution in [0.25, 0.3) is 11.4 Å². The Morgan fingerprint density at radius 1 is 1.04 bits per heavy atom. The van der Waals surface area contributed by atoms with Gasteiger partial charge in [-0.2, -0.15) is 0 Å². The monoisotopic (exact) mass is 360 g/mol. The number of hydrogen-bond acceptors (Lipinski definition) is 6. The molecule has 0 saturated heterocycles. The lowest BCUT2D eigenvalue weighted by molar-refractivity contribution is -0.610. The van der Waals surface area contributed by atoms with Gasteiger partial charge in [-0.3, -0.25) is 11.6 Å². The van der Waals surface area contributed by atoms with Crippen molar-refractivity contribution >= 4 is 16.1 Å². The molecule has 0 spiro atoms. The van der Waals surface area contributed by atoms with Gasteiger partial charge < -0.3 is 4.55 Å². The van der Waals surface area contributed by atoms with Crippen molar-refractivity contribution in [1.29, 1.82) is 0 Å². The van der Waals surface area contributed by atoms with Crippen molar-refractivity contribution in [3.05, 3.63) is 59.2 Å². The van der Waals surface area contributed by atoms with E-state index in [1.165, 1.54) is 4.68 Å². The van der Waals surface area contributed by atoms with Crippen LogP contribution in [0.3, 0.4) is 0 Å². The summed E-state index contributed by atoms with van der Waals surface area (Å²) in [6, 6.07) is 12.8. The molecule has 0 amide bonds. The van der Waals surface area contributed by atoms with Crippen molar-refractivity contribution in [1.82, 2.24) is 4.98 Å². The maximum atomic E-state index is 10.8. The van der Waals surface area contributed by atoms with Crippen LogP contribution >= 0.6 is 0 Å². The molecule has 0 saturated carbocycles. The lowest BCUT2D eigenvalue weighted by Gasteiger charge is -2.14. The third-order valence-electron chi connectivity index (χ3n) is 3.59. The highest BCUT2D eigenvalue weighted by Crippen LogP contribution is 2.20. The van der Waals surface area contributed by atoms with Gasteiger partial charge in [0, 0.05) is 0 Å². The topological polar surface area (TPSA) is 126 Å². The second-order valence-electron chi connectivity index (χ2n) is 5.70. The minimum atomic E-state index is -4.33. The number of aryl methyl sites for hydroxylation is 3. The maximum absolute atomic E-state index is 10.8. The molecular weight excluding hydrogens is 340 g/mol. The van der Waals surface area contributed by atoms with Gasteiger partial charge in [-0.05, 0) is 44.0 Å². The number of imidazole rings is 1. The average molecular weight is 360 g/mol. The molecule has 0 radical (unpaired) electrons. The van der Waals surface area contributed by atoms with Gasteiger partial charge in [0.2, 0.25) is 0 Å². The standard InChI is InChI=1S/C9H12O3S.C8H8N4/c1-6-4-7(2)9(8(3)5-6)13(10,11)12;9-8-11-6-4-2-1-3-5-7(6)12(8)10/h4-5H,1-3H3,(H,10,11,12);1-5,9H,10H2. The number of rotatable bonds is 1. The molecule has 7 nitrogen and oxygen atoms in total. The van der Waals surface area contributed by atoms with Crippen LogP contribution < -0.4 is 16.3 Å². The van der Waals surface area contributed by atoms with Crippen LogP contribution in [0.5, 0.6) is 0 Å². The number of nitrogens with two attached hydrogens (primary N) is 2. The highest BCUT2D eigenvalue weighted by atomic mass is 32.2. The van der Waals surface area contributed by atoms with E-state index in [1.54, 1.807) is 26.0 Å². The van der Waals surface area contributed by atoms with Gasteiger partial charge in [-0.25, -0.2) is 8.42 Å². The third-order valence-corrected chi connectivity index (χ3v) is 4.73. The van der Waals surface area contributed by atoms with Crippen LogP contribution in [-0.2, 0) is 10.1 Å². The third kappa shape index (κ3) is 4.23. The van der Waals surface area contributed by atoms with Gasteiger partial charge in [-0.1, -0.05) is 40.9 Å². The van der Waals surface area contributed by atoms with Crippen LogP contribution in [-0.4, -0.2) is 18.0 Å². The maximum Gasteiger partial charge on any atom is 0.412 e. The first-order valence-corrected chi connectivity index (χ1v) is 8.87. The summed E-state index contributed by atoms with van der Waals surface area (Å²) in [6.07, 6.45) is 0. The zero-order valence-electron chi connectivity index (χ0n) is 14.2. The summed E-state index contributed by atoms with van der Waals surface area (Å²) < 4.78 is 33.9. The van der Waals surface area contributed by atoms with Gasteiger partial charge >= 0.3 is 5.95 Å². The van der Waals surface area contributed by atoms with Gasteiger partial charge in [0.25, 0.3) is 0 Å². The lowest BCUT2D eigenvalue weighted by Crippen LogP contribution is -2.46. The van der Waals surface area contributed by atoms with Gasteiger partial charge in [0.1, 0.15) is 10.1 Å². The SMILES string of the molecule is Cc1cc(C)c(S(=O)(=O)[O-])c(C)c1.Nc1nc2cccccc-2[n+]1N. The number of fused-ring (bicyclic) bond motifs is 1. The molecule has 25 heavy (non-hydrogen) atoms. The van der Waals surface area contributed by atoms with E-state index >= 15 is 0 Å². The molecule has 3 rings (SSSR count). The Hall–Kier alpha value is -2.71. The molecule has 0 aromatic heterocycles. The van der Waals surface area contributed by atoms with Crippen molar-refractivity contribution < 1.29 is 17.6 Å². The number of anilines is 1. The number of nitrogen functional groups attached to an aromatic ring is 2. The highest BCUT2D eigenvalue weighted by molar-refractivity contribution is 7.85. The summed E-state index contributed by atoms with van der Waals surface area (Å²) in [6.45, 7) is 5.12. The molecule has 1 aromatic rings. The first-order valence-electron chi connectivity index (χ1n) is 7.46. The van der Waals surface area contributed by atoms with Crippen LogP contribution in [0.2, 0.25) is 0 Å². The van der Waals surface area contributed by atoms with Crippen LogP contribution in [0.15, 0.2) is 47.4 Å². The average Bonchev–Trinajstić information content (AvgIpc) is 2.63. The van der Waals surface area contributed by atoms with Gasteiger partial charge in [-0.15, -0.1) is 4.68 Å². The Kier molecular flexibility index (Phi) is 5.24. The van der Waals surface area contributed by atoms with E-state index in [4.69, 9.17) is 11.6 Å². The molecule has 1 aliphatic heterocycles. The fourth-order valence-electron chi connectivity index (χ4n) is 2.69. The minimum absolute atomic E-state index is 0.0851. The van der Waals surface area contributed by atoms with E-state index in [1.807, 2.05) is 37.3 Å². The summed E-state index contributed by atoms with van der Waals surface area (Å²) in [5.74, 6) is 5.95. The zero-order chi connectivity index (χ0) is 18.8. The molecule has 2 aliphatic rings. The predicted octanol–water partition coefficient (Wildman–Crippen LogP) is 1.29. The molecule has 4 N–H and O–H groups in total. The first kappa shape index (κ1) is 18.6. The summed E-state index contributed by atoms with van der Waals surface area (Å²) in [5, 5.41) is 0. The number of hydrogen-bond donors (Lipinski definition) is 2.